The quantitative estimate of drug-likeness (QED) is 0.250. The minimum atomic E-state index is -1.50. The number of benzene rings is 4. The van der Waals surface area contributed by atoms with Crippen molar-refractivity contribution in [1.82, 2.24) is 4.90 Å². The number of aliphatic carboxylic acids is 1. The highest BCUT2D eigenvalue weighted by atomic mass is 16.4. The van der Waals surface area contributed by atoms with E-state index >= 15 is 0 Å². The number of carbonyl (C=O) groups excluding carboxylic acids is 1. The van der Waals surface area contributed by atoms with E-state index in [-0.39, 0.29) is 19.0 Å². The lowest BCUT2D eigenvalue weighted by atomic mass is 9.76. The highest BCUT2D eigenvalue weighted by Gasteiger charge is 2.32. The van der Waals surface area contributed by atoms with E-state index in [1.165, 1.54) is 27.7 Å². The van der Waals surface area contributed by atoms with Gasteiger partial charge in [0, 0.05) is 12.5 Å². The molecule has 1 fully saturated rings. The van der Waals surface area contributed by atoms with E-state index in [1.807, 2.05) is 24.3 Å². The summed E-state index contributed by atoms with van der Waals surface area (Å²) in [6, 6.07) is 32.3. The van der Waals surface area contributed by atoms with E-state index in [4.69, 9.17) is 0 Å². The third kappa shape index (κ3) is 6.21. The highest BCUT2D eigenvalue weighted by Crippen LogP contribution is 2.38. The summed E-state index contributed by atoms with van der Waals surface area (Å²) in [5, 5.41) is 22.9. The van der Waals surface area contributed by atoms with E-state index in [1.54, 1.807) is 12.1 Å². The number of fused-ring (bicyclic) bond motifs is 1. The maximum absolute atomic E-state index is 12.8. The lowest BCUT2D eigenvalue weighted by Gasteiger charge is -2.35. The Hall–Kier alpha value is -3.96. The molecule has 2 N–H and O–H groups in total. The van der Waals surface area contributed by atoms with Crippen LogP contribution in [0.15, 0.2) is 97.1 Å². The zero-order valence-corrected chi connectivity index (χ0v) is 22.1. The Labute approximate surface area is 229 Å². The number of hydrogen-bond donors (Lipinski definition) is 2. The molecule has 2 atom stereocenters. The first-order chi connectivity index (χ1) is 19.0. The van der Waals surface area contributed by atoms with Crippen LogP contribution in [0.1, 0.15) is 55.3 Å². The number of amides is 1. The standard InChI is InChI=1S/C34H35NO4/c36-32(28-13-5-2-6-14-28)23-35(33(37)34(38)39)22-31(25-10-3-1-4-11-25)27-20-18-26(19-21-27)30-17-9-15-24-12-7-8-16-29(24)30/h2,5-9,12-21,25,31-32,36H,1,3-4,10-11,22-23H2,(H,38,39). The zero-order chi connectivity index (χ0) is 27.2. The van der Waals surface area contributed by atoms with Crippen molar-refractivity contribution in [2.45, 2.75) is 44.1 Å². The van der Waals surface area contributed by atoms with Gasteiger partial charge in [0.25, 0.3) is 0 Å². The first-order valence-corrected chi connectivity index (χ1v) is 13.8. The van der Waals surface area contributed by atoms with Gasteiger partial charge in [-0.15, -0.1) is 0 Å². The maximum Gasteiger partial charge on any atom is 0.394 e. The van der Waals surface area contributed by atoms with Gasteiger partial charge < -0.3 is 15.1 Å². The number of aliphatic hydroxyl groups is 1. The SMILES string of the molecule is O=C(O)C(=O)N(CC(O)c1ccccc1)CC(c1ccc(-c2cccc3ccccc23)cc1)C1CCCCC1. The molecule has 0 radical (unpaired) electrons. The van der Waals surface area contributed by atoms with Crippen molar-refractivity contribution in [2.24, 2.45) is 5.92 Å². The number of nitrogens with zero attached hydrogens (tertiary/aromatic N) is 1. The van der Waals surface area contributed by atoms with Gasteiger partial charge >= 0.3 is 11.9 Å². The van der Waals surface area contributed by atoms with Gasteiger partial charge in [-0.3, -0.25) is 4.79 Å². The molecule has 0 heterocycles. The zero-order valence-electron chi connectivity index (χ0n) is 22.1. The number of carbonyl (C=O) groups is 2. The largest absolute Gasteiger partial charge is 0.474 e. The van der Waals surface area contributed by atoms with Crippen molar-refractivity contribution in [3.05, 3.63) is 108 Å². The average Bonchev–Trinajstić information content (AvgIpc) is 2.99. The van der Waals surface area contributed by atoms with E-state index in [0.717, 1.165) is 36.8 Å². The Bertz CT molecular complexity index is 1410. The molecule has 1 aliphatic carbocycles. The van der Waals surface area contributed by atoms with Crippen LogP contribution in [0, 0.1) is 5.92 Å². The molecule has 1 saturated carbocycles. The van der Waals surface area contributed by atoms with Gasteiger partial charge in [-0.1, -0.05) is 116 Å². The van der Waals surface area contributed by atoms with Gasteiger partial charge in [0.1, 0.15) is 0 Å². The number of aliphatic hydroxyl groups excluding tert-OH is 1. The van der Waals surface area contributed by atoms with Crippen molar-refractivity contribution in [3.63, 3.8) is 0 Å². The molecule has 5 nitrogen and oxygen atoms in total. The number of rotatable bonds is 8. The Morgan fingerprint density at radius 1 is 0.744 bits per heavy atom. The molecule has 0 aliphatic heterocycles. The predicted octanol–water partition coefficient (Wildman–Crippen LogP) is 6.82. The predicted molar refractivity (Wildman–Crippen MR) is 154 cm³/mol. The molecule has 0 bridgehead atoms. The smallest absolute Gasteiger partial charge is 0.394 e. The van der Waals surface area contributed by atoms with Crippen molar-refractivity contribution >= 4 is 22.6 Å². The summed E-state index contributed by atoms with van der Waals surface area (Å²) in [4.78, 5) is 26.0. The van der Waals surface area contributed by atoms with Gasteiger partial charge in [0.15, 0.2) is 0 Å². The van der Waals surface area contributed by atoms with Gasteiger partial charge in [-0.05, 0) is 51.8 Å². The molecule has 1 aliphatic rings. The third-order valence-corrected chi connectivity index (χ3v) is 8.12. The lowest BCUT2D eigenvalue weighted by Crippen LogP contribution is -2.43. The van der Waals surface area contributed by atoms with Crippen LogP contribution in [0.25, 0.3) is 21.9 Å². The van der Waals surface area contributed by atoms with Gasteiger partial charge in [0.05, 0.1) is 12.6 Å². The second-order valence-electron chi connectivity index (χ2n) is 10.6. The topological polar surface area (TPSA) is 77.8 Å². The average molecular weight is 522 g/mol. The molecule has 4 aromatic rings. The van der Waals surface area contributed by atoms with Gasteiger partial charge in [-0.25, -0.2) is 4.79 Å². The number of carboxylic acid groups (broad SMARTS) is 1. The summed E-state index contributed by atoms with van der Waals surface area (Å²) < 4.78 is 0. The van der Waals surface area contributed by atoms with Gasteiger partial charge in [0.2, 0.25) is 0 Å². The van der Waals surface area contributed by atoms with Crippen molar-refractivity contribution in [1.29, 1.82) is 0 Å². The fourth-order valence-electron chi connectivity index (χ4n) is 6.05. The van der Waals surface area contributed by atoms with Crippen LogP contribution in [-0.4, -0.2) is 40.1 Å². The Balaban J connectivity index is 1.45. The normalized spacial score (nSPS) is 15.5. The molecule has 5 rings (SSSR count). The Morgan fingerprint density at radius 3 is 2.13 bits per heavy atom. The minimum Gasteiger partial charge on any atom is -0.474 e. The fourth-order valence-corrected chi connectivity index (χ4v) is 6.05. The molecule has 5 heteroatoms. The molecule has 39 heavy (non-hydrogen) atoms. The second-order valence-corrected chi connectivity index (χ2v) is 10.6. The summed E-state index contributed by atoms with van der Waals surface area (Å²) >= 11 is 0. The van der Waals surface area contributed by atoms with Crippen LogP contribution in [0.3, 0.4) is 0 Å². The first-order valence-electron chi connectivity index (χ1n) is 13.8. The highest BCUT2D eigenvalue weighted by molar-refractivity contribution is 6.31. The fraction of sp³-hybridized carbons (Fsp3) is 0.294. The van der Waals surface area contributed by atoms with Crippen LogP contribution in [0.4, 0.5) is 0 Å². The molecule has 200 valence electrons. The second kappa shape index (κ2) is 12.3. The Morgan fingerprint density at radius 2 is 1.41 bits per heavy atom. The summed E-state index contributed by atoms with van der Waals surface area (Å²) in [6.45, 7) is 0.194. The van der Waals surface area contributed by atoms with E-state index < -0.39 is 18.0 Å². The first kappa shape index (κ1) is 26.6. The van der Waals surface area contributed by atoms with Crippen LogP contribution in [0.2, 0.25) is 0 Å². The van der Waals surface area contributed by atoms with Crippen LogP contribution < -0.4 is 0 Å². The summed E-state index contributed by atoms with van der Waals surface area (Å²) in [5.74, 6) is -2.14. The molecule has 0 spiro atoms. The van der Waals surface area contributed by atoms with Crippen molar-refractivity contribution in [2.75, 3.05) is 13.1 Å². The maximum atomic E-state index is 12.8. The summed E-state index contributed by atoms with van der Waals surface area (Å²) in [5.41, 5.74) is 4.05. The molecule has 4 aromatic carbocycles. The van der Waals surface area contributed by atoms with Crippen LogP contribution >= 0.6 is 0 Å². The van der Waals surface area contributed by atoms with Crippen molar-refractivity contribution < 1.29 is 19.8 Å². The Kier molecular flexibility index (Phi) is 8.38. The molecule has 1 amide bonds. The molecule has 0 saturated heterocycles. The number of carboxylic acids is 1. The van der Waals surface area contributed by atoms with Gasteiger partial charge in [-0.2, -0.15) is 0 Å². The summed E-state index contributed by atoms with van der Waals surface area (Å²) in [7, 11) is 0. The minimum absolute atomic E-state index is 0.0156. The lowest BCUT2D eigenvalue weighted by molar-refractivity contribution is -0.156. The molecule has 2 unspecified atom stereocenters. The van der Waals surface area contributed by atoms with Crippen LogP contribution in [0.5, 0.6) is 0 Å². The van der Waals surface area contributed by atoms with E-state index in [9.17, 15) is 19.8 Å². The molecule has 0 aromatic heterocycles. The third-order valence-electron chi connectivity index (χ3n) is 8.12. The van der Waals surface area contributed by atoms with E-state index in [2.05, 4.69) is 60.7 Å². The van der Waals surface area contributed by atoms with Crippen LogP contribution in [-0.2, 0) is 9.59 Å². The van der Waals surface area contributed by atoms with Crippen molar-refractivity contribution in [3.8, 4) is 11.1 Å². The monoisotopic (exact) mass is 521 g/mol. The molecular weight excluding hydrogens is 486 g/mol. The molecular formula is C34H35NO4. The van der Waals surface area contributed by atoms with E-state index in [0.29, 0.717) is 11.5 Å². The number of hydrogen-bond acceptors (Lipinski definition) is 3. The summed E-state index contributed by atoms with van der Waals surface area (Å²) in [6.07, 6.45) is 4.60.